The highest BCUT2D eigenvalue weighted by Crippen LogP contribution is 2.29. The second-order valence-corrected chi connectivity index (χ2v) is 6.39. The van der Waals surface area contributed by atoms with E-state index >= 15 is 0 Å². The number of hydrogen-bond acceptors (Lipinski definition) is 3. The van der Waals surface area contributed by atoms with Crippen LogP contribution in [0.5, 0.6) is 0 Å². The number of hydrogen-bond donors (Lipinski definition) is 0. The largest absolute Gasteiger partial charge is 0.390 e. The van der Waals surface area contributed by atoms with Gasteiger partial charge in [0.15, 0.2) is 6.10 Å². The van der Waals surface area contributed by atoms with Crippen LogP contribution in [-0.2, 0) is 9.63 Å². The Labute approximate surface area is 136 Å². The maximum Gasteiger partial charge on any atom is 0.225 e. The monoisotopic (exact) mass is 318 g/mol. The Balaban J connectivity index is 1.59. The molecule has 1 heterocycles. The first-order valence-corrected chi connectivity index (χ1v) is 8.44. The molecule has 0 N–H and O–H groups in total. The minimum atomic E-state index is -0.276. The van der Waals surface area contributed by atoms with Gasteiger partial charge in [-0.05, 0) is 31.4 Å². The molecule has 2 aliphatic rings. The van der Waals surface area contributed by atoms with Crippen molar-refractivity contribution in [1.82, 2.24) is 4.90 Å². The molecule has 124 valence electrons. The van der Waals surface area contributed by atoms with Crippen molar-refractivity contribution in [2.75, 3.05) is 13.1 Å². The second-order valence-electron chi connectivity index (χ2n) is 6.39. The predicted molar refractivity (Wildman–Crippen MR) is 86.6 cm³/mol. The van der Waals surface area contributed by atoms with Crippen molar-refractivity contribution in [3.05, 3.63) is 35.6 Å². The lowest BCUT2D eigenvalue weighted by Crippen LogP contribution is -2.43. The molecule has 0 aromatic heterocycles. The average Bonchev–Trinajstić information content (AvgIpc) is 2.93. The molecule has 1 fully saturated rings. The van der Waals surface area contributed by atoms with Crippen LogP contribution in [0.25, 0.3) is 0 Å². The summed E-state index contributed by atoms with van der Waals surface area (Å²) in [5.41, 5.74) is 1.50. The van der Waals surface area contributed by atoms with Gasteiger partial charge in [-0.3, -0.25) is 4.79 Å². The number of halogens is 1. The fourth-order valence-corrected chi connectivity index (χ4v) is 3.09. The highest BCUT2D eigenvalue weighted by molar-refractivity contribution is 6.01. The van der Waals surface area contributed by atoms with Gasteiger partial charge < -0.3 is 9.74 Å². The first-order valence-electron chi connectivity index (χ1n) is 8.44. The van der Waals surface area contributed by atoms with Gasteiger partial charge in [0.25, 0.3) is 0 Å². The van der Waals surface area contributed by atoms with E-state index in [1.165, 1.54) is 12.1 Å². The van der Waals surface area contributed by atoms with Crippen LogP contribution < -0.4 is 0 Å². The molecule has 4 nitrogen and oxygen atoms in total. The first kappa shape index (κ1) is 16.0. The van der Waals surface area contributed by atoms with E-state index < -0.39 is 0 Å². The van der Waals surface area contributed by atoms with Crippen molar-refractivity contribution < 1.29 is 14.0 Å². The van der Waals surface area contributed by atoms with Crippen molar-refractivity contribution in [2.45, 2.75) is 45.1 Å². The van der Waals surface area contributed by atoms with E-state index in [0.717, 1.165) is 43.5 Å². The van der Waals surface area contributed by atoms with Crippen LogP contribution >= 0.6 is 0 Å². The van der Waals surface area contributed by atoms with Gasteiger partial charge in [0.2, 0.25) is 5.91 Å². The van der Waals surface area contributed by atoms with Crippen LogP contribution in [0.4, 0.5) is 4.39 Å². The van der Waals surface area contributed by atoms with Crippen molar-refractivity contribution in [3.8, 4) is 0 Å². The Morgan fingerprint density at radius 1 is 1.43 bits per heavy atom. The number of nitrogens with zero attached hydrogens (tertiary/aromatic N) is 2. The Morgan fingerprint density at radius 2 is 2.26 bits per heavy atom. The van der Waals surface area contributed by atoms with Crippen molar-refractivity contribution in [2.24, 2.45) is 11.1 Å². The molecule has 1 aliphatic carbocycles. The Morgan fingerprint density at radius 3 is 2.91 bits per heavy atom. The molecule has 0 bridgehead atoms. The molecule has 1 aromatic rings. The van der Waals surface area contributed by atoms with Crippen LogP contribution in [0.1, 0.15) is 44.6 Å². The third-order valence-corrected chi connectivity index (χ3v) is 4.57. The summed E-state index contributed by atoms with van der Waals surface area (Å²) in [5, 5.41) is 4.09. The summed E-state index contributed by atoms with van der Waals surface area (Å²) in [7, 11) is 0. The molecule has 1 saturated carbocycles. The topological polar surface area (TPSA) is 41.9 Å². The zero-order chi connectivity index (χ0) is 16.2. The summed E-state index contributed by atoms with van der Waals surface area (Å²) in [4.78, 5) is 19.9. The molecule has 1 atom stereocenters. The van der Waals surface area contributed by atoms with Gasteiger partial charge in [-0.25, -0.2) is 4.39 Å². The molecule has 1 aliphatic heterocycles. The van der Waals surface area contributed by atoms with Crippen LogP contribution in [0, 0.1) is 11.7 Å². The van der Waals surface area contributed by atoms with Crippen molar-refractivity contribution in [3.63, 3.8) is 0 Å². The fourth-order valence-electron chi connectivity index (χ4n) is 3.09. The number of amides is 1. The molecule has 3 rings (SSSR count). The van der Waals surface area contributed by atoms with E-state index in [0.29, 0.717) is 13.0 Å². The summed E-state index contributed by atoms with van der Waals surface area (Å²) in [6.45, 7) is 3.39. The Hall–Kier alpha value is -1.91. The summed E-state index contributed by atoms with van der Waals surface area (Å²) in [6.07, 6.45) is 4.59. The zero-order valence-corrected chi connectivity index (χ0v) is 13.5. The summed E-state index contributed by atoms with van der Waals surface area (Å²) < 4.78 is 13.3. The minimum absolute atomic E-state index is 0.135. The van der Waals surface area contributed by atoms with E-state index in [1.54, 1.807) is 6.07 Å². The van der Waals surface area contributed by atoms with E-state index in [4.69, 9.17) is 4.84 Å². The molecule has 0 saturated heterocycles. The Kier molecular flexibility index (Phi) is 4.94. The van der Waals surface area contributed by atoms with Gasteiger partial charge in [0, 0.05) is 24.4 Å². The molecule has 1 amide bonds. The van der Waals surface area contributed by atoms with Crippen molar-refractivity contribution in [1.29, 1.82) is 0 Å². The minimum Gasteiger partial charge on any atom is -0.390 e. The summed E-state index contributed by atoms with van der Waals surface area (Å²) in [6, 6.07) is 6.38. The van der Waals surface area contributed by atoms with Gasteiger partial charge in [0.05, 0.1) is 12.3 Å². The molecule has 0 spiro atoms. The lowest BCUT2D eigenvalue weighted by Gasteiger charge is -2.32. The second kappa shape index (κ2) is 7.11. The predicted octanol–water partition coefficient (Wildman–Crippen LogP) is 3.36. The average molecular weight is 318 g/mol. The van der Waals surface area contributed by atoms with Crippen LogP contribution in [0.15, 0.2) is 29.4 Å². The molecule has 23 heavy (non-hydrogen) atoms. The fraction of sp³-hybridized carbons (Fsp3) is 0.556. The normalized spacial score (nSPS) is 20.6. The quantitative estimate of drug-likeness (QED) is 0.807. The number of carbonyl (C=O) groups is 1. The zero-order valence-electron chi connectivity index (χ0n) is 13.5. The van der Waals surface area contributed by atoms with Crippen LogP contribution in [0.2, 0.25) is 0 Å². The van der Waals surface area contributed by atoms with Crippen LogP contribution in [0.3, 0.4) is 0 Å². The third-order valence-electron chi connectivity index (χ3n) is 4.57. The first-order chi connectivity index (χ1) is 11.2. The maximum absolute atomic E-state index is 13.3. The van der Waals surface area contributed by atoms with Gasteiger partial charge in [-0.2, -0.15) is 0 Å². The van der Waals surface area contributed by atoms with E-state index in [2.05, 4.69) is 12.1 Å². The Bertz CT molecular complexity index is 598. The van der Waals surface area contributed by atoms with Crippen molar-refractivity contribution >= 4 is 11.6 Å². The van der Waals surface area contributed by atoms with E-state index in [1.807, 2.05) is 11.0 Å². The number of oxime groups is 1. The number of carbonyl (C=O) groups excluding carboxylic acids is 1. The highest BCUT2D eigenvalue weighted by Gasteiger charge is 2.32. The molecule has 0 radical (unpaired) electrons. The summed E-state index contributed by atoms with van der Waals surface area (Å²) >= 11 is 0. The number of benzene rings is 1. The van der Waals surface area contributed by atoms with Gasteiger partial charge >= 0.3 is 0 Å². The molecule has 1 unspecified atom stereocenters. The number of rotatable bonds is 6. The van der Waals surface area contributed by atoms with Gasteiger partial charge in [-0.1, -0.05) is 30.6 Å². The third kappa shape index (κ3) is 3.71. The molecule has 5 heteroatoms. The van der Waals surface area contributed by atoms with E-state index in [-0.39, 0.29) is 23.7 Å². The molecule has 1 aromatic carbocycles. The summed E-state index contributed by atoms with van der Waals surface area (Å²) in [5.74, 6) is 0.175. The van der Waals surface area contributed by atoms with E-state index in [9.17, 15) is 9.18 Å². The SMILES string of the molecule is CCCN(CC1CC(c2cccc(F)c2)=NO1)C(=O)C1CCC1. The van der Waals surface area contributed by atoms with Crippen LogP contribution in [-0.4, -0.2) is 35.7 Å². The molecular weight excluding hydrogens is 295 g/mol. The standard InChI is InChI=1S/C18H23FN2O2/c1-2-9-21(18(22)13-5-3-6-13)12-16-11-17(20-23-16)14-7-4-8-15(19)10-14/h4,7-8,10,13,16H,2-3,5-6,9,11-12H2,1H3. The van der Waals surface area contributed by atoms with Gasteiger partial charge in [-0.15, -0.1) is 0 Å². The van der Waals surface area contributed by atoms with Gasteiger partial charge in [0.1, 0.15) is 5.82 Å². The highest BCUT2D eigenvalue weighted by atomic mass is 19.1. The smallest absolute Gasteiger partial charge is 0.225 e. The lowest BCUT2D eigenvalue weighted by atomic mass is 9.84. The lowest BCUT2D eigenvalue weighted by molar-refractivity contribution is -0.140. The maximum atomic E-state index is 13.3. The molecular formula is C18H23FN2O2.